The summed E-state index contributed by atoms with van der Waals surface area (Å²) in [6, 6.07) is 8.85. The van der Waals surface area contributed by atoms with E-state index in [1.807, 2.05) is 45.9 Å². The van der Waals surface area contributed by atoms with Gasteiger partial charge in [-0.2, -0.15) is 0 Å². The molecule has 0 amide bonds. The average molecular weight is 249 g/mol. The van der Waals surface area contributed by atoms with Crippen LogP contribution in [0.4, 0.5) is 0 Å². The van der Waals surface area contributed by atoms with Gasteiger partial charge in [0.2, 0.25) is 0 Å². The zero-order chi connectivity index (χ0) is 13.6. The van der Waals surface area contributed by atoms with Gasteiger partial charge in [-0.25, -0.2) is 0 Å². The Labute approximate surface area is 109 Å². The number of carbonyl (C=O) groups is 1. The molecule has 0 aliphatic heterocycles. The normalized spacial score (nSPS) is 11.1. The minimum absolute atomic E-state index is 0.181. The van der Waals surface area contributed by atoms with Crippen molar-refractivity contribution in [2.45, 2.75) is 46.1 Å². The number of carbonyl (C=O) groups excluding carboxylic acids is 1. The van der Waals surface area contributed by atoms with Gasteiger partial charge in [0.05, 0.1) is 6.61 Å². The molecule has 3 nitrogen and oxygen atoms in total. The van der Waals surface area contributed by atoms with Gasteiger partial charge >= 0.3 is 5.97 Å². The van der Waals surface area contributed by atoms with E-state index < -0.39 is 5.60 Å². The summed E-state index contributed by atoms with van der Waals surface area (Å²) in [7, 11) is 0. The molecule has 0 unspecified atom stereocenters. The summed E-state index contributed by atoms with van der Waals surface area (Å²) in [5.74, 6) is 0.540. The second-order valence-corrected chi connectivity index (χ2v) is 5.24. The van der Waals surface area contributed by atoms with Gasteiger partial charge < -0.3 is 9.47 Å². The molecule has 0 aromatic heterocycles. The molecule has 99 valence electrons. The summed E-state index contributed by atoms with van der Waals surface area (Å²) < 4.78 is 10.7. The van der Waals surface area contributed by atoms with Crippen LogP contribution in [-0.4, -0.2) is 18.2 Å². The Bertz CT molecular complexity index is 391. The monoisotopic (exact) mass is 249 g/mol. The molecule has 1 aromatic carbocycles. The lowest BCUT2D eigenvalue weighted by Gasteiger charge is -2.19. The topological polar surface area (TPSA) is 35.5 Å². The van der Waals surface area contributed by atoms with Crippen LogP contribution < -0.4 is 4.74 Å². The fourth-order valence-electron chi connectivity index (χ4n) is 1.43. The number of ether oxygens (including phenoxy) is 2. The largest absolute Gasteiger partial charge is 0.493 e. The van der Waals surface area contributed by atoms with Gasteiger partial charge in [0.15, 0.2) is 0 Å². The third-order valence-corrected chi connectivity index (χ3v) is 2.12. The number of aryl methyl sites for hydroxylation is 1. The van der Waals surface area contributed by atoms with Crippen molar-refractivity contribution in [1.29, 1.82) is 0 Å². The zero-order valence-corrected chi connectivity index (χ0v) is 11.6. The second-order valence-electron chi connectivity index (χ2n) is 5.24. The molecule has 0 heterocycles. The van der Waals surface area contributed by atoms with Crippen molar-refractivity contribution in [3.05, 3.63) is 29.8 Å². The van der Waals surface area contributed by atoms with Crippen LogP contribution in [0.25, 0.3) is 0 Å². The van der Waals surface area contributed by atoms with Gasteiger partial charge in [0, 0.05) is 12.5 Å². The van der Waals surface area contributed by atoms with E-state index in [4.69, 9.17) is 9.47 Å². The number of hydrogen-bond acceptors (Lipinski definition) is 3. The zero-order valence-electron chi connectivity index (χ0n) is 11.6. The van der Waals surface area contributed by atoms with Gasteiger partial charge in [-0.05, 0) is 45.7 Å². The summed E-state index contributed by atoms with van der Waals surface area (Å²) in [4.78, 5) is 11.4. The Morgan fingerprint density at radius 3 is 2.67 bits per heavy atom. The highest BCUT2D eigenvalue weighted by Gasteiger charge is 2.15. The van der Waals surface area contributed by atoms with Crippen molar-refractivity contribution in [3.8, 4) is 5.75 Å². The summed E-state index contributed by atoms with van der Waals surface area (Å²) in [5.41, 5.74) is 0.627. The lowest BCUT2D eigenvalue weighted by atomic mass is 10.2. The fourth-order valence-corrected chi connectivity index (χ4v) is 1.43. The fraction of sp³-hybridized carbons (Fsp3) is 0.533. The number of rotatable bonds is 5. The van der Waals surface area contributed by atoms with Crippen LogP contribution in [-0.2, 0) is 9.53 Å². The molecule has 18 heavy (non-hydrogen) atoms. The first kappa shape index (κ1) is 14.6. The van der Waals surface area contributed by atoms with Gasteiger partial charge in [-0.1, -0.05) is 12.1 Å². The van der Waals surface area contributed by atoms with E-state index in [1.165, 1.54) is 0 Å². The van der Waals surface area contributed by atoms with Gasteiger partial charge in [-0.3, -0.25) is 4.79 Å². The molecular formula is C15H21O3. The van der Waals surface area contributed by atoms with Crippen molar-refractivity contribution in [1.82, 2.24) is 0 Å². The highest BCUT2D eigenvalue weighted by molar-refractivity contribution is 5.69. The summed E-state index contributed by atoms with van der Waals surface area (Å²) in [5, 5.41) is 0. The molecule has 3 heteroatoms. The molecule has 0 saturated heterocycles. The summed E-state index contributed by atoms with van der Waals surface area (Å²) in [6.07, 6.45) is 1.03. The second kappa shape index (κ2) is 6.43. The van der Waals surface area contributed by atoms with Crippen LogP contribution in [0.2, 0.25) is 0 Å². The van der Waals surface area contributed by atoms with E-state index in [9.17, 15) is 4.79 Å². The Morgan fingerprint density at radius 2 is 2.06 bits per heavy atom. The van der Waals surface area contributed by atoms with Crippen molar-refractivity contribution in [2.75, 3.05) is 6.61 Å². The standard InChI is InChI=1S/C15H21O3/c1-12-7-5-8-13(11-12)17-10-6-9-14(16)18-15(2,3)4/h5,7-8H,6,9-10H2,1-4H3. The van der Waals surface area contributed by atoms with E-state index in [-0.39, 0.29) is 5.97 Å². The molecule has 0 N–H and O–H groups in total. The molecule has 0 spiro atoms. The van der Waals surface area contributed by atoms with Crippen LogP contribution >= 0.6 is 0 Å². The van der Waals surface area contributed by atoms with Crippen LogP contribution in [0, 0.1) is 13.0 Å². The van der Waals surface area contributed by atoms with Gasteiger partial charge in [-0.15, -0.1) is 0 Å². The molecule has 0 aliphatic carbocycles. The van der Waals surface area contributed by atoms with E-state index in [2.05, 4.69) is 6.07 Å². The summed E-state index contributed by atoms with van der Waals surface area (Å²) in [6.45, 7) is 8.06. The smallest absolute Gasteiger partial charge is 0.306 e. The van der Waals surface area contributed by atoms with Crippen LogP contribution in [0.15, 0.2) is 18.2 Å². The van der Waals surface area contributed by atoms with Crippen molar-refractivity contribution < 1.29 is 14.3 Å². The number of hydrogen-bond donors (Lipinski definition) is 0. The minimum Gasteiger partial charge on any atom is -0.493 e. The Kier molecular flexibility index (Phi) is 5.20. The molecule has 1 aromatic rings. The molecule has 1 rings (SSSR count). The molecule has 0 atom stereocenters. The maximum absolute atomic E-state index is 11.4. The highest BCUT2D eigenvalue weighted by Crippen LogP contribution is 2.12. The van der Waals surface area contributed by atoms with Crippen LogP contribution in [0.3, 0.4) is 0 Å². The third-order valence-electron chi connectivity index (χ3n) is 2.12. The van der Waals surface area contributed by atoms with E-state index >= 15 is 0 Å². The molecule has 0 aliphatic rings. The van der Waals surface area contributed by atoms with Gasteiger partial charge in [0.25, 0.3) is 0 Å². The predicted molar refractivity (Wildman–Crippen MR) is 70.6 cm³/mol. The minimum atomic E-state index is -0.414. The van der Waals surface area contributed by atoms with E-state index in [0.29, 0.717) is 19.4 Å². The van der Waals surface area contributed by atoms with Crippen LogP contribution in [0.1, 0.15) is 39.2 Å². The van der Waals surface area contributed by atoms with Gasteiger partial charge in [0.1, 0.15) is 11.4 Å². The highest BCUT2D eigenvalue weighted by atomic mass is 16.6. The quantitative estimate of drug-likeness (QED) is 0.593. The predicted octanol–water partition coefficient (Wildman–Crippen LogP) is 3.30. The molecule has 0 saturated carbocycles. The SMILES string of the molecule is Cc1[c]c(OCCCC(=O)OC(C)(C)C)ccc1. The Balaban J connectivity index is 2.21. The molecule has 0 bridgehead atoms. The van der Waals surface area contributed by atoms with Crippen LogP contribution in [0.5, 0.6) is 5.75 Å². The van der Waals surface area contributed by atoms with Crippen molar-refractivity contribution >= 4 is 5.97 Å². The Morgan fingerprint density at radius 1 is 1.33 bits per heavy atom. The lowest BCUT2D eigenvalue weighted by Crippen LogP contribution is -2.23. The van der Waals surface area contributed by atoms with E-state index in [0.717, 1.165) is 11.3 Å². The summed E-state index contributed by atoms with van der Waals surface area (Å²) >= 11 is 0. The van der Waals surface area contributed by atoms with Crippen molar-refractivity contribution in [2.24, 2.45) is 0 Å². The first-order chi connectivity index (χ1) is 8.37. The third kappa shape index (κ3) is 6.28. The van der Waals surface area contributed by atoms with Crippen molar-refractivity contribution in [3.63, 3.8) is 0 Å². The molecular weight excluding hydrogens is 228 g/mol. The molecule has 0 fully saturated rings. The maximum atomic E-state index is 11.4. The lowest BCUT2D eigenvalue weighted by molar-refractivity contribution is -0.155. The van der Waals surface area contributed by atoms with E-state index in [1.54, 1.807) is 0 Å². The number of benzene rings is 1. The first-order valence-electron chi connectivity index (χ1n) is 6.20. The molecule has 1 radical (unpaired) electrons. The maximum Gasteiger partial charge on any atom is 0.306 e. The Hall–Kier alpha value is -1.51. The number of esters is 1. The first-order valence-corrected chi connectivity index (χ1v) is 6.20. The average Bonchev–Trinajstić information content (AvgIpc) is 2.22.